The number of hydrogen-bond donors (Lipinski definition) is 1. The smallest absolute Gasteiger partial charge is 0.264 e. The molecule has 3 aromatic carbocycles. The summed E-state index contributed by atoms with van der Waals surface area (Å²) >= 11 is 0. The van der Waals surface area contributed by atoms with E-state index in [1.54, 1.807) is 49.4 Å². The second-order valence-corrected chi connectivity index (χ2v) is 11.3. The molecular formula is C29H35N3O4S. The van der Waals surface area contributed by atoms with Crippen molar-refractivity contribution in [1.82, 2.24) is 10.2 Å². The molecule has 7 nitrogen and oxygen atoms in total. The summed E-state index contributed by atoms with van der Waals surface area (Å²) in [6.45, 7) is 7.73. The molecule has 0 aliphatic heterocycles. The van der Waals surface area contributed by atoms with Crippen LogP contribution in [0.5, 0.6) is 0 Å². The molecule has 0 aliphatic rings. The van der Waals surface area contributed by atoms with Crippen molar-refractivity contribution >= 4 is 27.5 Å². The van der Waals surface area contributed by atoms with E-state index in [-0.39, 0.29) is 23.3 Å². The van der Waals surface area contributed by atoms with Gasteiger partial charge in [0.05, 0.1) is 10.6 Å². The number of para-hydroxylation sites is 1. The molecule has 3 aromatic rings. The van der Waals surface area contributed by atoms with Crippen molar-refractivity contribution in [3.63, 3.8) is 0 Å². The Bertz CT molecular complexity index is 1280. The van der Waals surface area contributed by atoms with Gasteiger partial charge in [0.1, 0.15) is 12.6 Å². The van der Waals surface area contributed by atoms with Crippen molar-refractivity contribution in [2.24, 2.45) is 5.92 Å². The normalized spacial score (nSPS) is 12.1. The molecule has 1 atom stereocenters. The summed E-state index contributed by atoms with van der Waals surface area (Å²) in [4.78, 5) is 28.3. The number of sulfonamides is 1. The number of carbonyl (C=O) groups excluding carboxylic acids is 2. The summed E-state index contributed by atoms with van der Waals surface area (Å²) in [6.07, 6.45) is 0. The molecular weight excluding hydrogens is 486 g/mol. The Morgan fingerprint density at radius 3 is 1.97 bits per heavy atom. The Balaban J connectivity index is 1.97. The predicted molar refractivity (Wildman–Crippen MR) is 146 cm³/mol. The largest absolute Gasteiger partial charge is 0.354 e. The number of benzene rings is 3. The maximum Gasteiger partial charge on any atom is 0.264 e. The third kappa shape index (κ3) is 7.43. The van der Waals surface area contributed by atoms with Crippen molar-refractivity contribution in [3.05, 3.63) is 96.1 Å². The van der Waals surface area contributed by atoms with Crippen LogP contribution in [0.3, 0.4) is 0 Å². The fourth-order valence-corrected chi connectivity index (χ4v) is 5.19. The molecule has 37 heavy (non-hydrogen) atoms. The Morgan fingerprint density at radius 1 is 0.838 bits per heavy atom. The Hall–Kier alpha value is -3.65. The van der Waals surface area contributed by atoms with Crippen LogP contribution in [-0.4, -0.2) is 44.3 Å². The zero-order valence-electron chi connectivity index (χ0n) is 21.8. The van der Waals surface area contributed by atoms with E-state index in [9.17, 15) is 18.0 Å². The molecule has 2 amide bonds. The van der Waals surface area contributed by atoms with Gasteiger partial charge in [-0.2, -0.15) is 0 Å². The van der Waals surface area contributed by atoms with Gasteiger partial charge in [0, 0.05) is 13.1 Å². The molecule has 0 saturated heterocycles. The van der Waals surface area contributed by atoms with E-state index in [1.165, 1.54) is 17.0 Å². The molecule has 0 radical (unpaired) electrons. The lowest BCUT2D eigenvalue weighted by Crippen LogP contribution is -2.51. The number of amides is 2. The van der Waals surface area contributed by atoms with E-state index in [4.69, 9.17) is 0 Å². The fraction of sp³-hybridized carbons (Fsp3) is 0.310. The Morgan fingerprint density at radius 2 is 1.41 bits per heavy atom. The first-order chi connectivity index (χ1) is 17.6. The maximum atomic E-state index is 13.8. The molecule has 0 aliphatic carbocycles. The first kappa shape index (κ1) is 27.9. The number of hydrogen-bond acceptors (Lipinski definition) is 4. The van der Waals surface area contributed by atoms with Crippen molar-refractivity contribution in [1.29, 1.82) is 0 Å². The highest BCUT2D eigenvalue weighted by Gasteiger charge is 2.32. The average molecular weight is 522 g/mol. The van der Waals surface area contributed by atoms with E-state index >= 15 is 0 Å². The first-order valence-electron chi connectivity index (χ1n) is 12.3. The van der Waals surface area contributed by atoms with E-state index in [2.05, 4.69) is 5.32 Å². The third-order valence-corrected chi connectivity index (χ3v) is 7.77. The first-order valence-corrected chi connectivity index (χ1v) is 13.8. The summed E-state index contributed by atoms with van der Waals surface area (Å²) in [6, 6.07) is 23.6. The molecule has 1 unspecified atom stereocenters. The quantitative estimate of drug-likeness (QED) is 0.406. The van der Waals surface area contributed by atoms with Crippen LogP contribution in [0.1, 0.15) is 31.9 Å². The van der Waals surface area contributed by atoms with Crippen LogP contribution in [0, 0.1) is 12.8 Å². The lowest BCUT2D eigenvalue weighted by atomic mass is 10.1. The van der Waals surface area contributed by atoms with Gasteiger partial charge in [-0.25, -0.2) is 8.42 Å². The SMILES string of the molecule is Cc1ccc(S(=O)(=O)N(CC(=O)N(Cc2ccccc2)C(C)C(=O)NCC(C)C)c2ccccc2)cc1. The lowest BCUT2D eigenvalue weighted by Gasteiger charge is -2.32. The molecule has 0 heterocycles. The summed E-state index contributed by atoms with van der Waals surface area (Å²) in [5, 5.41) is 2.88. The van der Waals surface area contributed by atoms with Gasteiger partial charge in [0.2, 0.25) is 11.8 Å². The number of nitrogens with one attached hydrogen (secondary N) is 1. The standard InChI is InChI=1S/C29H35N3O4S/c1-22(2)19-30-29(34)24(4)31(20-25-11-7-5-8-12-25)28(33)21-32(26-13-9-6-10-14-26)37(35,36)27-17-15-23(3)16-18-27/h5-18,22,24H,19-21H2,1-4H3,(H,30,34). The van der Waals surface area contributed by atoms with Gasteiger partial charge < -0.3 is 10.2 Å². The van der Waals surface area contributed by atoms with Crippen LogP contribution in [0.4, 0.5) is 5.69 Å². The maximum absolute atomic E-state index is 13.8. The van der Waals surface area contributed by atoms with E-state index in [1.807, 2.05) is 51.1 Å². The zero-order chi connectivity index (χ0) is 27.0. The molecule has 196 valence electrons. The van der Waals surface area contributed by atoms with Gasteiger partial charge in [0.15, 0.2) is 0 Å². The average Bonchev–Trinajstić information content (AvgIpc) is 2.89. The highest BCUT2D eigenvalue weighted by atomic mass is 32.2. The Labute approximate surface area is 220 Å². The highest BCUT2D eigenvalue weighted by Crippen LogP contribution is 2.24. The van der Waals surface area contributed by atoms with Crippen LogP contribution in [-0.2, 0) is 26.2 Å². The molecule has 0 aromatic heterocycles. The molecule has 0 bridgehead atoms. The van der Waals surface area contributed by atoms with Gasteiger partial charge >= 0.3 is 0 Å². The highest BCUT2D eigenvalue weighted by molar-refractivity contribution is 7.92. The van der Waals surface area contributed by atoms with Gasteiger partial charge in [-0.15, -0.1) is 0 Å². The van der Waals surface area contributed by atoms with Crippen LogP contribution >= 0.6 is 0 Å². The van der Waals surface area contributed by atoms with E-state index < -0.39 is 28.5 Å². The summed E-state index contributed by atoms with van der Waals surface area (Å²) in [5.74, 6) is -0.510. The third-order valence-electron chi connectivity index (χ3n) is 5.98. The van der Waals surface area contributed by atoms with Gasteiger partial charge in [-0.3, -0.25) is 13.9 Å². The zero-order valence-corrected chi connectivity index (χ0v) is 22.6. The number of aryl methyl sites for hydroxylation is 1. The summed E-state index contributed by atoms with van der Waals surface area (Å²) in [7, 11) is -4.05. The molecule has 1 N–H and O–H groups in total. The van der Waals surface area contributed by atoms with Crippen molar-refractivity contribution < 1.29 is 18.0 Å². The van der Waals surface area contributed by atoms with Gasteiger partial charge in [-0.1, -0.05) is 80.1 Å². The topological polar surface area (TPSA) is 86.8 Å². The van der Waals surface area contributed by atoms with Crippen molar-refractivity contribution in [2.45, 2.75) is 45.2 Å². The van der Waals surface area contributed by atoms with Crippen LogP contribution in [0.2, 0.25) is 0 Å². The van der Waals surface area contributed by atoms with Crippen LogP contribution in [0.25, 0.3) is 0 Å². The number of rotatable bonds is 11. The van der Waals surface area contributed by atoms with Crippen molar-refractivity contribution in [3.8, 4) is 0 Å². The second kappa shape index (κ2) is 12.5. The monoisotopic (exact) mass is 521 g/mol. The number of nitrogens with zero attached hydrogens (tertiary/aromatic N) is 2. The molecule has 3 rings (SSSR count). The minimum atomic E-state index is -4.05. The van der Waals surface area contributed by atoms with Gasteiger partial charge in [0.25, 0.3) is 10.0 Å². The van der Waals surface area contributed by atoms with Crippen molar-refractivity contribution in [2.75, 3.05) is 17.4 Å². The molecule has 0 fully saturated rings. The fourth-order valence-electron chi connectivity index (χ4n) is 3.78. The summed E-state index contributed by atoms with van der Waals surface area (Å²) < 4.78 is 28.5. The molecule has 0 spiro atoms. The van der Waals surface area contributed by atoms with Crippen LogP contribution in [0.15, 0.2) is 89.8 Å². The lowest BCUT2D eigenvalue weighted by molar-refractivity contribution is -0.139. The number of anilines is 1. The van der Waals surface area contributed by atoms with E-state index in [0.29, 0.717) is 12.2 Å². The minimum absolute atomic E-state index is 0.0899. The predicted octanol–water partition coefficient (Wildman–Crippen LogP) is 4.38. The van der Waals surface area contributed by atoms with Gasteiger partial charge in [-0.05, 0) is 49.6 Å². The summed E-state index contributed by atoms with van der Waals surface area (Å²) in [5.41, 5.74) is 2.14. The number of carbonyl (C=O) groups is 2. The Kier molecular flexibility index (Phi) is 9.47. The molecule has 0 saturated carbocycles. The van der Waals surface area contributed by atoms with Crippen LogP contribution < -0.4 is 9.62 Å². The second-order valence-electron chi connectivity index (χ2n) is 9.48. The minimum Gasteiger partial charge on any atom is -0.354 e. The molecule has 8 heteroatoms. The van der Waals surface area contributed by atoms with E-state index in [0.717, 1.165) is 15.4 Å².